The summed E-state index contributed by atoms with van der Waals surface area (Å²) in [5.74, 6) is -14.5. The van der Waals surface area contributed by atoms with Crippen molar-refractivity contribution in [2.24, 2.45) is 23.1 Å². The first kappa shape index (κ1) is 57.8. The summed E-state index contributed by atoms with van der Waals surface area (Å²) in [6.45, 7) is 2.83. The predicted octanol–water partition coefficient (Wildman–Crippen LogP) is -4.08. The summed E-state index contributed by atoms with van der Waals surface area (Å²) < 4.78 is 0. The molecule has 0 aromatic heterocycles. The molecule has 8 amide bonds. The Morgan fingerprint density at radius 2 is 1.04 bits per heavy atom. The summed E-state index contributed by atoms with van der Waals surface area (Å²) in [6, 6.07) is -2.94. The standard InChI is InChI=1S/C41H62N10O16/c1-21(2)16-27(49-35(60)23(43)18-34(58)59)36(61)45-20-31(53)46-24(11-13-32(54)55)37(62)47-25(12-14-33(56)57)38(63)51-29(19-30(44)52)40(65)50-28(17-22-8-4-3-5-9-22)39(64)48-26(41(66)67)10-6-7-15-42/h3-5,8-9,21,23-29H,6-7,10-20,42-43H2,1-2H3,(H2,44,52)(H,45,61)(H,46,53)(H,47,62)(H,48,64)(H,49,60)(H,50,65)(H,51,63)(H,54,55)(H,56,57)(H,58,59)(H,66,67)/t23-,24-,25-,26-,27-,28-,29-/m0/s1. The molecule has 0 aliphatic heterocycles. The van der Waals surface area contributed by atoms with E-state index in [1.165, 1.54) is 0 Å². The van der Waals surface area contributed by atoms with E-state index < -0.39 is 158 Å². The Balaban J connectivity index is 3.35. The highest BCUT2D eigenvalue weighted by Crippen LogP contribution is 2.10. The Labute approximate surface area is 384 Å². The SMILES string of the molecule is CC(C)C[C@H](NC(=O)[C@@H](N)CC(=O)O)C(=O)NCC(=O)N[C@@H](CCC(=O)O)C(=O)N[C@@H](CCC(=O)O)C(=O)N[C@@H](CC(N)=O)C(=O)N[C@@H](Cc1ccccc1)C(=O)N[C@@H](CCCCN)C(=O)O. The molecule has 7 atom stereocenters. The zero-order chi connectivity index (χ0) is 50.8. The smallest absolute Gasteiger partial charge is 0.326 e. The molecule has 26 heteroatoms. The van der Waals surface area contributed by atoms with E-state index in [4.69, 9.17) is 22.3 Å². The maximum atomic E-state index is 13.8. The lowest BCUT2D eigenvalue weighted by molar-refractivity contribution is -0.142. The minimum atomic E-state index is -1.87. The van der Waals surface area contributed by atoms with E-state index in [9.17, 15) is 72.9 Å². The summed E-state index contributed by atoms with van der Waals surface area (Å²) >= 11 is 0. The van der Waals surface area contributed by atoms with Crippen molar-refractivity contribution in [1.82, 2.24) is 37.2 Å². The van der Waals surface area contributed by atoms with E-state index in [1.54, 1.807) is 44.2 Å². The second-order valence-corrected chi connectivity index (χ2v) is 15.8. The minimum Gasteiger partial charge on any atom is -0.481 e. The van der Waals surface area contributed by atoms with E-state index in [-0.39, 0.29) is 31.7 Å². The third kappa shape index (κ3) is 24.0. The van der Waals surface area contributed by atoms with Gasteiger partial charge in [-0.05, 0) is 56.6 Å². The number of nitrogens with two attached hydrogens (primary N) is 3. The Kier molecular flexibility index (Phi) is 25.9. The van der Waals surface area contributed by atoms with Crippen LogP contribution < -0.4 is 54.4 Å². The fraction of sp³-hybridized carbons (Fsp3) is 0.561. The Morgan fingerprint density at radius 3 is 1.55 bits per heavy atom. The van der Waals surface area contributed by atoms with Crippen molar-refractivity contribution in [3.8, 4) is 0 Å². The van der Waals surface area contributed by atoms with Gasteiger partial charge < -0.3 is 74.8 Å². The van der Waals surface area contributed by atoms with Gasteiger partial charge in [-0.25, -0.2) is 4.79 Å². The molecule has 0 bridgehead atoms. The molecule has 0 aliphatic rings. The Morgan fingerprint density at radius 1 is 0.552 bits per heavy atom. The van der Waals surface area contributed by atoms with Gasteiger partial charge in [0.2, 0.25) is 47.3 Å². The van der Waals surface area contributed by atoms with Crippen LogP contribution in [0, 0.1) is 5.92 Å². The number of carboxylic acid groups (broad SMARTS) is 4. The maximum Gasteiger partial charge on any atom is 0.326 e. The van der Waals surface area contributed by atoms with E-state index in [1.807, 2.05) is 0 Å². The van der Waals surface area contributed by atoms with Crippen molar-refractivity contribution in [3.63, 3.8) is 0 Å². The van der Waals surface area contributed by atoms with Gasteiger partial charge in [-0.3, -0.25) is 52.7 Å². The molecule has 0 spiro atoms. The van der Waals surface area contributed by atoms with Crippen LogP contribution in [0.2, 0.25) is 0 Å². The molecule has 67 heavy (non-hydrogen) atoms. The first-order chi connectivity index (χ1) is 31.4. The number of benzene rings is 1. The van der Waals surface area contributed by atoms with Crippen LogP contribution in [0.25, 0.3) is 0 Å². The van der Waals surface area contributed by atoms with Crippen LogP contribution in [-0.2, 0) is 64.0 Å². The molecular formula is C41H62N10O16. The van der Waals surface area contributed by atoms with E-state index in [0.717, 1.165) is 0 Å². The van der Waals surface area contributed by atoms with Crippen LogP contribution in [0.4, 0.5) is 0 Å². The summed E-state index contributed by atoms with van der Waals surface area (Å²) in [6.07, 6.45) is -3.76. The van der Waals surface area contributed by atoms with Crippen molar-refractivity contribution < 1.29 is 78.0 Å². The van der Waals surface area contributed by atoms with Crippen molar-refractivity contribution in [2.45, 2.75) is 127 Å². The van der Waals surface area contributed by atoms with Crippen LogP contribution in [0.1, 0.15) is 83.6 Å². The molecule has 0 saturated carbocycles. The normalized spacial score (nSPS) is 14.0. The molecule has 0 radical (unpaired) electrons. The molecule has 0 heterocycles. The zero-order valence-corrected chi connectivity index (χ0v) is 37.1. The number of hydrogen-bond acceptors (Lipinski definition) is 14. The first-order valence-corrected chi connectivity index (χ1v) is 21.2. The van der Waals surface area contributed by atoms with Gasteiger partial charge in [0, 0.05) is 19.3 Å². The predicted molar refractivity (Wildman–Crippen MR) is 233 cm³/mol. The number of carboxylic acids is 4. The summed E-state index contributed by atoms with van der Waals surface area (Å²) in [4.78, 5) is 151. The van der Waals surface area contributed by atoms with Gasteiger partial charge in [-0.1, -0.05) is 44.2 Å². The van der Waals surface area contributed by atoms with Crippen LogP contribution in [0.3, 0.4) is 0 Å². The summed E-state index contributed by atoms with van der Waals surface area (Å²) in [5.41, 5.74) is 17.0. The zero-order valence-electron chi connectivity index (χ0n) is 37.1. The number of amides is 8. The number of carbonyl (C=O) groups is 12. The monoisotopic (exact) mass is 950 g/mol. The van der Waals surface area contributed by atoms with Crippen LogP contribution >= 0.6 is 0 Å². The van der Waals surface area contributed by atoms with Crippen molar-refractivity contribution in [1.29, 1.82) is 0 Å². The molecule has 0 fully saturated rings. The number of carbonyl (C=O) groups excluding carboxylic acids is 8. The molecule has 26 nitrogen and oxygen atoms in total. The number of hydrogen-bond donors (Lipinski definition) is 14. The lowest BCUT2D eigenvalue weighted by atomic mass is 10.0. The van der Waals surface area contributed by atoms with Gasteiger partial charge in [-0.2, -0.15) is 0 Å². The number of aliphatic carboxylic acids is 4. The van der Waals surface area contributed by atoms with Gasteiger partial charge in [0.25, 0.3) is 0 Å². The summed E-state index contributed by atoms with van der Waals surface area (Å²) in [5, 5.41) is 53.4. The average molecular weight is 951 g/mol. The molecular weight excluding hydrogens is 889 g/mol. The fourth-order valence-electron chi connectivity index (χ4n) is 6.18. The summed E-state index contributed by atoms with van der Waals surface area (Å²) in [7, 11) is 0. The topological polar surface area (TPSA) is 448 Å². The van der Waals surface area contributed by atoms with Gasteiger partial charge in [-0.15, -0.1) is 0 Å². The molecule has 0 saturated heterocycles. The van der Waals surface area contributed by atoms with Crippen LogP contribution in [-0.4, -0.2) is 147 Å². The quantitative estimate of drug-likeness (QED) is 0.0298. The van der Waals surface area contributed by atoms with Gasteiger partial charge in [0.15, 0.2) is 0 Å². The molecule has 0 aliphatic carbocycles. The first-order valence-electron chi connectivity index (χ1n) is 21.2. The highest BCUT2D eigenvalue weighted by molar-refractivity contribution is 5.98. The number of nitrogens with one attached hydrogen (secondary N) is 7. The highest BCUT2D eigenvalue weighted by atomic mass is 16.4. The second kappa shape index (κ2) is 30.1. The van der Waals surface area contributed by atoms with E-state index >= 15 is 0 Å². The van der Waals surface area contributed by atoms with Gasteiger partial charge >= 0.3 is 23.9 Å². The highest BCUT2D eigenvalue weighted by Gasteiger charge is 2.34. The maximum absolute atomic E-state index is 13.8. The third-order valence-electron chi connectivity index (χ3n) is 9.59. The second-order valence-electron chi connectivity index (χ2n) is 15.8. The Hall–Kier alpha value is -7.22. The average Bonchev–Trinajstić information content (AvgIpc) is 3.23. The minimum absolute atomic E-state index is 0.00000572. The lowest BCUT2D eigenvalue weighted by Crippen LogP contribution is -2.60. The molecule has 17 N–H and O–H groups in total. The van der Waals surface area contributed by atoms with E-state index in [0.29, 0.717) is 18.4 Å². The molecule has 1 aromatic carbocycles. The number of primary amides is 1. The van der Waals surface area contributed by atoms with Crippen molar-refractivity contribution in [2.75, 3.05) is 13.1 Å². The van der Waals surface area contributed by atoms with E-state index in [2.05, 4.69) is 37.2 Å². The lowest BCUT2D eigenvalue weighted by Gasteiger charge is -2.26. The van der Waals surface area contributed by atoms with Crippen molar-refractivity contribution in [3.05, 3.63) is 35.9 Å². The largest absolute Gasteiger partial charge is 0.481 e. The number of rotatable bonds is 33. The number of unbranched alkanes of at least 4 members (excludes halogenated alkanes) is 1. The molecule has 0 unspecified atom stereocenters. The molecule has 1 aromatic rings. The van der Waals surface area contributed by atoms with Gasteiger partial charge in [0.05, 0.1) is 25.4 Å². The molecule has 372 valence electrons. The van der Waals surface area contributed by atoms with Crippen LogP contribution in [0.5, 0.6) is 0 Å². The Bertz CT molecular complexity index is 1920. The van der Waals surface area contributed by atoms with Crippen molar-refractivity contribution >= 4 is 71.1 Å². The van der Waals surface area contributed by atoms with Crippen LogP contribution in [0.15, 0.2) is 30.3 Å². The third-order valence-corrected chi connectivity index (χ3v) is 9.59. The molecule has 1 rings (SSSR count). The fourth-order valence-corrected chi connectivity index (χ4v) is 6.18. The van der Waals surface area contributed by atoms with Gasteiger partial charge in [0.1, 0.15) is 36.3 Å².